The van der Waals surface area contributed by atoms with Crippen LogP contribution >= 0.6 is 0 Å². The minimum Gasteiger partial charge on any atom is -0.347 e. The molecule has 2 aromatic heterocycles. The predicted octanol–water partition coefficient (Wildman–Crippen LogP) is 1.26. The summed E-state index contributed by atoms with van der Waals surface area (Å²) in [5.41, 5.74) is 2.51. The van der Waals surface area contributed by atoms with Crippen molar-refractivity contribution in [2.24, 2.45) is 0 Å². The number of carbonyl (C=O) groups excluding carboxylic acids is 2. The summed E-state index contributed by atoms with van der Waals surface area (Å²) in [6.07, 6.45) is 4.48. The molecular formula is C19H18N6O2. The molecule has 8 heteroatoms. The highest BCUT2D eigenvalue weighted by molar-refractivity contribution is 5.93. The number of amides is 2. The van der Waals surface area contributed by atoms with Crippen LogP contribution in [0.1, 0.15) is 32.2 Å². The van der Waals surface area contributed by atoms with Crippen LogP contribution in [0.5, 0.6) is 0 Å². The number of carbonyl (C=O) groups is 2. The molecule has 0 bridgehead atoms. The Morgan fingerprint density at radius 1 is 1.07 bits per heavy atom. The second-order valence-corrected chi connectivity index (χ2v) is 6.23. The van der Waals surface area contributed by atoms with E-state index in [9.17, 15) is 9.59 Å². The molecule has 4 rings (SSSR count). The maximum Gasteiger partial charge on any atom is 0.274 e. The van der Waals surface area contributed by atoms with E-state index in [2.05, 4.69) is 20.4 Å². The van der Waals surface area contributed by atoms with Gasteiger partial charge in [0.2, 0.25) is 0 Å². The standard InChI is InChI=1S/C19H18N6O2/c26-18(22-11-14-4-2-1-3-5-14)16-10-15-13-24(8-9-25(15)23-16)19(27)17-12-20-6-7-21-17/h1-7,10,12H,8-9,11,13H2,(H,22,26). The summed E-state index contributed by atoms with van der Waals surface area (Å²) in [6, 6.07) is 11.4. The fourth-order valence-corrected chi connectivity index (χ4v) is 2.99. The number of aromatic nitrogens is 4. The van der Waals surface area contributed by atoms with Crippen molar-refractivity contribution in [2.45, 2.75) is 19.6 Å². The Bertz CT molecular complexity index is 955. The summed E-state index contributed by atoms with van der Waals surface area (Å²) >= 11 is 0. The van der Waals surface area contributed by atoms with E-state index < -0.39 is 0 Å². The quantitative estimate of drug-likeness (QED) is 0.754. The van der Waals surface area contributed by atoms with Gasteiger partial charge in [0.05, 0.1) is 25.0 Å². The predicted molar refractivity (Wildman–Crippen MR) is 96.6 cm³/mol. The van der Waals surface area contributed by atoms with Crippen molar-refractivity contribution in [3.63, 3.8) is 0 Å². The molecule has 0 spiro atoms. The number of rotatable bonds is 4. The van der Waals surface area contributed by atoms with Gasteiger partial charge < -0.3 is 10.2 Å². The fourth-order valence-electron chi connectivity index (χ4n) is 2.99. The van der Waals surface area contributed by atoms with Crippen LogP contribution in [-0.2, 0) is 19.6 Å². The second-order valence-electron chi connectivity index (χ2n) is 6.23. The number of fused-ring (bicyclic) bond motifs is 1. The lowest BCUT2D eigenvalue weighted by atomic mass is 10.2. The van der Waals surface area contributed by atoms with Gasteiger partial charge in [-0.3, -0.25) is 19.3 Å². The maximum atomic E-state index is 12.5. The first kappa shape index (κ1) is 16.9. The van der Waals surface area contributed by atoms with Crippen LogP contribution in [0.3, 0.4) is 0 Å². The maximum absolute atomic E-state index is 12.5. The number of hydrogen-bond donors (Lipinski definition) is 1. The Labute approximate surface area is 155 Å². The van der Waals surface area contributed by atoms with E-state index in [-0.39, 0.29) is 11.8 Å². The summed E-state index contributed by atoms with van der Waals surface area (Å²) in [4.78, 5) is 34.6. The van der Waals surface area contributed by atoms with E-state index in [0.29, 0.717) is 37.6 Å². The highest BCUT2D eigenvalue weighted by Crippen LogP contribution is 2.15. The molecule has 0 atom stereocenters. The monoisotopic (exact) mass is 362 g/mol. The van der Waals surface area contributed by atoms with Gasteiger partial charge in [-0.2, -0.15) is 5.10 Å². The number of hydrogen-bond acceptors (Lipinski definition) is 5. The van der Waals surface area contributed by atoms with Gasteiger partial charge in [-0.25, -0.2) is 4.98 Å². The largest absolute Gasteiger partial charge is 0.347 e. The van der Waals surface area contributed by atoms with Gasteiger partial charge in [-0.15, -0.1) is 0 Å². The Balaban J connectivity index is 1.42. The summed E-state index contributed by atoms with van der Waals surface area (Å²) in [6.45, 7) is 1.87. The van der Waals surface area contributed by atoms with E-state index in [1.54, 1.807) is 15.6 Å². The van der Waals surface area contributed by atoms with E-state index in [4.69, 9.17) is 0 Å². The summed E-state index contributed by atoms with van der Waals surface area (Å²) < 4.78 is 1.78. The normalized spacial score (nSPS) is 13.1. The molecule has 136 valence electrons. The first-order chi connectivity index (χ1) is 13.2. The third-order valence-corrected chi connectivity index (χ3v) is 4.40. The van der Waals surface area contributed by atoms with Crippen molar-refractivity contribution in [1.29, 1.82) is 0 Å². The van der Waals surface area contributed by atoms with Gasteiger partial charge >= 0.3 is 0 Å². The van der Waals surface area contributed by atoms with E-state index in [0.717, 1.165) is 11.3 Å². The molecule has 0 radical (unpaired) electrons. The zero-order chi connectivity index (χ0) is 18.6. The Morgan fingerprint density at radius 2 is 1.93 bits per heavy atom. The molecule has 1 aromatic carbocycles. The van der Waals surface area contributed by atoms with Crippen molar-refractivity contribution >= 4 is 11.8 Å². The smallest absolute Gasteiger partial charge is 0.274 e. The Morgan fingerprint density at radius 3 is 2.70 bits per heavy atom. The molecule has 1 aliphatic rings. The van der Waals surface area contributed by atoms with E-state index in [1.165, 1.54) is 18.6 Å². The third-order valence-electron chi connectivity index (χ3n) is 4.40. The van der Waals surface area contributed by atoms with Crippen LogP contribution in [0.15, 0.2) is 55.0 Å². The molecule has 0 unspecified atom stereocenters. The molecule has 3 aromatic rings. The molecule has 0 saturated heterocycles. The third kappa shape index (κ3) is 3.69. The lowest BCUT2D eigenvalue weighted by Crippen LogP contribution is -2.38. The van der Waals surface area contributed by atoms with Gasteiger partial charge in [0.15, 0.2) is 5.69 Å². The minimum atomic E-state index is -0.229. The summed E-state index contributed by atoms with van der Waals surface area (Å²) in [5, 5.41) is 7.24. The van der Waals surface area contributed by atoms with Crippen LogP contribution in [0.4, 0.5) is 0 Å². The van der Waals surface area contributed by atoms with Crippen LogP contribution in [0.25, 0.3) is 0 Å². The fraction of sp³-hybridized carbons (Fsp3) is 0.211. The highest BCUT2D eigenvalue weighted by atomic mass is 16.2. The SMILES string of the molecule is O=C(NCc1ccccc1)c1cc2n(n1)CCN(C(=O)c1cnccn1)C2. The van der Waals surface area contributed by atoms with Gasteiger partial charge in [0, 0.05) is 25.5 Å². The Hall–Kier alpha value is -3.55. The average Bonchev–Trinajstić information content (AvgIpc) is 3.16. The van der Waals surface area contributed by atoms with Gasteiger partial charge in [-0.05, 0) is 11.6 Å². The van der Waals surface area contributed by atoms with Crippen LogP contribution in [0, 0.1) is 0 Å². The van der Waals surface area contributed by atoms with Crippen LogP contribution < -0.4 is 5.32 Å². The lowest BCUT2D eigenvalue weighted by molar-refractivity contribution is 0.0699. The zero-order valence-electron chi connectivity index (χ0n) is 14.6. The molecule has 0 aliphatic carbocycles. The topological polar surface area (TPSA) is 93.0 Å². The molecule has 27 heavy (non-hydrogen) atoms. The molecule has 0 saturated carbocycles. The van der Waals surface area contributed by atoms with Crippen molar-refractivity contribution in [1.82, 2.24) is 30.0 Å². The molecule has 1 aliphatic heterocycles. The molecule has 8 nitrogen and oxygen atoms in total. The molecule has 1 N–H and O–H groups in total. The molecular weight excluding hydrogens is 344 g/mol. The van der Waals surface area contributed by atoms with Gasteiger partial charge in [0.25, 0.3) is 11.8 Å². The number of nitrogens with one attached hydrogen (secondary N) is 1. The first-order valence-corrected chi connectivity index (χ1v) is 8.65. The van der Waals surface area contributed by atoms with Gasteiger partial charge in [0.1, 0.15) is 5.69 Å². The summed E-state index contributed by atoms with van der Waals surface area (Å²) in [7, 11) is 0. The zero-order valence-corrected chi connectivity index (χ0v) is 14.6. The van der Waals surface area contributed by atoms with E-state index >= 15 is 0 Å². The number of nitrogens with zero attached hydrogens (tertiary/aromatic N) is 5. The van der Waals surface area contributed by atoms with Crippen LogP contribution in [-0.4, -0.2) is 43.0 Å². The second kappa shape index (κ2) is 7.36. The van der Waals surface area contributed by atoms with Crippen molar-refractivity contribution < 1.29 is 9.59 Å². The minimum absolute atomic E-state index is 0.175. The lowest BCUT2D eigenvalue weighted by Gasteiger charge is -2.27. The number of benzene rings is 1. The highest BCUT2D eigenvalue weighted by Gasteiger charge is 2.25. The van der Waals surface area contributed by atoms with E-state index in [1.807, 2.05) is 30.3 Å². The Kier molecular flexibility index (Phi) is 4.61. The molecule has 2 amide bonds. The summed E-state index contributed by atoms with van der Waals surface area (Å²) in [5.74, 6) is -0.404. The van der Waals surface area contributed by atoms with Gasteiger partial charge in [-0.1, -0.05) is 30.3 Å². The van der Waals surface area contributed by atoms with Crippen molar-refractivity contribution in [3.05, 3.63) is 77.6 Å². The molecule has 0 fully saturated rings. The molecule has 3 heterocycles. The van der Waals surface area contributed by atoms with Crippen molar-refractivity contribution in [3.8, 4) is 0 Å². The van der Waals surface area contributed by atoms with Crippen LogP contribution in [0.2, 0.25) is 0 Å². The average molecular weight is 362 g/mol. The first-order valence-electron chi connectivity index (χ1n) is 8.65. The van der Waals surface area contributed by atoms with Crippen molar-refractivity contribution in [2.75, 3.05) is 6.54 Å².